The number of halogens is 1. The molecule has 0 radical (unpaired) electrons. The standard InChI is InChI=1S/C20H20ClNO3S/c21-15-11-14(12-17-20(15)25-9-4-8-24-17)13-19(23)22-7-3-10-26-18-6-2-1-5-16(18)22/h1-2,5-6,11-12H,3-4,7-10,13H2. The number of nitrogens with zero attached hydrogens (tertiary/aromatic N) is 1. The summed E-state index contributed by atoms with van der Waals surface area (Å²) in [6, 6.07) is 11.8. The first-order valence-electron chi connectivity index (χ1n) is 8.82. The van der Waals surface area contributed by atoms with E-state index >= 15 is 0 Å². The smallest absolute Gasteiger partial charge is 0.231 e. The van der Waals surface area contributed by atoms with Gasteiger partial charge in [-0.15, -0.1) is 11.8 Å². The maximum absolute atomic E-state index is 13.0. The number of rotatable bonds is 2. The van der Waals surface area contributed by atoms with Crippen molar-refractivity contribution in [3.63, 3.8) is 0 Å². The van der Waals surface area contributed by atoms with Crippen LogP contribution in [0.1, 0.15) is 18.4 Å². The number of carbonyl (C=O) groups excluding carboxylic acids is 1. The third-order valence-corrected chi connectivity index (χ3v) is 5.89. The van der Waals surface area contributed by atoms with E-state index < -0.39 is 0 Å². The number of para-hydroxylation sites is 1. The average Bonchev–Trinajstić information content (AvgIpc) is 3.00. The lowest BCUT2D eigenvalue weighted by atomic mass is 10.1. The highest BCUT2D eigenvalue weighted by Crippen LogP contribution is 2.39. The molecule has 2 aromatic carbocycles. The minimum Gasteiger partial charge on any atom is -0.489 e. The largest absolute Gasteiger partial charge is 0.489 e. The molecule has 2 aliphatic rings. The van der Waals surface area contributed by atoms with Crippen LogP contribution in [-0.2, 0) is 11.2 Å². The van der Waals surface area contributed by atoms with Crippen LogP contribution in [0.25, 0.3) is 0 Å². The molecule has 0 spiro atoms. The van der Waals surface area contributed by atoms with Gasteiger partial charge in [0.15, 0.2) is 11.5 Å². The lowest BCUT2D eigenvalue weighted by Gasteiger charge is -2.23. The fourth-order valence-electron chi connectivity index (χ4n) is 3.24. The fourth-order valence-corrected chi connectivity index (χ4v) is 4.52. The van der Waals surface area contributed by atoms with Crippen molar-refractivity contribution in [2.45, 2.75) is 24.2 Å². The lowest BCUT2D eigenvalue weighted by Crippen LogP contribution is -2.33. The second-order valence-electron chi connectivity index (χ2n) is 6.35. The molecule has 0 unspecified atom stereocenters. The second-order valence-corrected chi connectivity index (χ2v) is 7.89. The SMILES string of the molecule is O=C(Cc1cc(Cl)c2c(c1)OCCCO2)N1CCCSc2ccccc21. The van der Waals surface area contributed by atoms with Gasteiger partial charge in [-0.05, 0) is 42.0 Å². The van der Waals surface area contributed by atoms with Crippen molar-refractivity contribution < 1.29 is 14.3 Å². The van der Waals surface area contributed by atoms with E-state index in [1.54, 1.807) is 0 Å². The van der Waals surface area contributed by atoms with Crippen molar-refractivity contribution in [2.24, 2.45) is 0 Å². The molecule has 0 aliphatic carbocycles. The number of hydrogen-bond donors (Lipinski definition) is 0. The molecule has 0 saturated heterocycles. The Labute approximate surface area is 162 Å². The second kappa shape index (κ2) is 7.80. The van der Waals surface area contributed by atoms with Crippen molar-refractivity contribution in [1.29, 1.82) is 0 Å². The number of benzene rings is 2. The average molecular weight is 390 g/mol. The maximum Gasteiger partial charge on any atom is 0.231 e. The summed E-state index contributed by atoms with van der Waals surface area (Å²) in [6.45, 7) is 1.92. The first-order chi connectivity index (χ1) is 12.7. The van der Waals surface area contributed by atoms with Gasteiger partial charge in [0.2, 0.25) is 5.91 Å². The Kier molecular flexibility index (Phi) is 5.27. The topological polar surface area (TPSA) is 38.8 Å². The first kappa shape index (κ1) is 17.6. The van der Waals surface area contributed by atoms with Crippen LogP contribution in [0.4, 0.5) is 5.69 Å². The zero-order valence-corrected chi connectivity index (χ0v) is 15.9. The predicted octanol–water partition coefficient (Wildman–Crippen LogP) is 4.57. The van der Waals surface area contributed by atoms with E-state index in [2.05, 4.69) is 6.07 Å². The summed E-state index contributed by atoms with van der Waals surface area (Å²) in [6.07, 6.45) is 2.09. The number of hydrogen-bond acceptors (Lipinski definition) is 4. The quantitative estimate of drug-likeness (QED) is 0.754. The maximum atomic E-state index is 13.0. The van der Waals surface area contributed by atoms with Crippen LogP contribution in [0.5, 0.6) is 11.5 Å². The van der Waals surface area contributed by atoms with Crippen LogP contribution in [0.15, 0.2) is 41.3 Å². The van der Waals surface area contributed by atoms with Crippen molar-refractivity contribution in [2.75, 3.05) is 30.4 Å². The number of anilines is 1. The Bertz CT molecular complexity index is 827. The molecule has 0 saturated carbocycles. The fraction of sp³-hybridized carbons (Fsp3) is 0.350. The number of ether oxygens (including phenoxy) is 2. The summed E-state index contributed by atoms with van der Waals surface area (Å²) in [5.41, 5.74) is 1.85. The molecule has 2 aromatic rings. The van der Waals surface area contributed by atoms with Gasteiger partial charge >= 0.3 is 0 Å². The molecule has 0 N–H and O–H groups in total. The number of thioether (sulfide) groups is 1. The molecular formula is C20H20ClNO3S. The molecule has 2 aliphatic heterocycles. The summed E-state index contributed by atoms with van der Waals surface area (Å²) >= 11 is 8.17. The molecule has 1 amide bonds. The first-order valence-corrected chi connectivity index (χ1v) is 10.2. The third kappa shape index (κ3) is 3.64. The molecule has 6 heteroatoms. The van der Waals surface area contributed by atoms with Gasteiger partial charge in [-0.3, -0.25) is 4.79 Å². The van der Waals surface area contributed by atoms with Crippen molar-refractivity contribution >= 4 is 35.0 Å². The molecule has 4 rings (SSSR count). The molecule has 2 heterocycles. The van der Waals surface area contributed by atoms with Crippen LogP contribution < -0.4 is 14.4 Å². The molecule has 0 atom stereocenters. The van der Waals surface area contributed by atoms with E-state index in [1.807, 2.05) is 47.0 Å². The van der Waals surface area contributed by atoms with E-state index in [9.17, 15) is 4.79 Å². The Morgan fingerprint density at radius 1 is 1.15 bits per heavy atom. The summed E-state index contributed by atoms with van der Waals surface area (Å²) < 4.78 is 11.4. The normalized spacial score (nSPS) is 16.4. The third-order valence-electron chi connectivity index (χ3n) is 4.46. The van der Waals surface area contributed by atoms with Gasteiger partial charge in [-0.25, -0.2) is 0 Å². The van der Waals surface area contributed by atoms with Crippen LogP contribution in [-0.4, -0.2) is 31.4 Å². The van der Waals surface area contributed by atoms with Crippen LogP contribution in [0, 0.1) is 0 Å². The minimum absolute atomic E-state index is 0.0745. The van der Waals surface area contributed by atoms with Gasteiger partial charge in [-0.2, -0.15) is 0 Å². The molecule has 4 nitrogen and oxygen atoms in total. The van der Waals surface area contributed by atoms with Gasteiger partial charge in [0.25, 0.3) is 0 Å². The monoisotopic (exact) mass is 389 g/mol. The van der Waals surface area contributed by atoms with E-state index in [1.165, 1.54) is 0 Å². The Morgan fingerprint density at radius 3 is 2.92 bits per heavy atom. The molecule has 0 bridgehead atoms. The number of fused-ring (bicyclic) bond motifs is 2. The highest BCUT2D eigenvalue weighted by atomic mass is 35.5. The summed E-state index contributed by atoms with van der Waals surface area (Å²) in [4.78, 5) is 16.1. The zero-order valence-electron chi connectivity index (χ0n) is 14.4. The molecular weight excluding hydrogens is 370 g/mol. The Morgan fingerprint density at radius 2 is 2.00 bits per heavy atom. The van der Waals surface area contributed by atoms with Gasteiger partial charge in [0, 0.05) is 17.9 Å². The van der Waals surface area contributed by atoms with Gasteiger partial charge < -0.3 is 14.4 Å². The number of carbonyl (C=O) groups is 1. The Balaban J connectivity index is 1.59. The van der Waals surface area contributed by atoms with Crippen molar-refractivity contribution in [3.05, 3.63) is 47.0 Å². The molecule has 26 heavy (non-hydrogen) atoms. The summed E-state index contributed by atoms with van der Waals surface area (Å²) in [5, 5.41) is 0.499. The van der Waals surface area contributed by atoms with E-state index in [0.29, 0.717) is 29.7 Å². The predicted molar refractivity (Wildman–Crippen MR) is 105 cm³/mol. The van der Waals surface area contributed by atoms with E-state index in [4.69, 9.17) is 21.1 Å². The number of amides is 1. The van der Waals surface area contributed by atoms with Crippen LogP contribution in [0.2, 0.25) is 5.02 Å². The lowest BCUT2D eigenvalue weighted by molar-refractivity contribution is -0.118. The van der Waals surface area contributed by atoms with Gasteiger partial charge in [0.05, 0.1) is 30.3 Å². The van der Waals surface area contributed by atoms with Gasteiger partial charge in [0.1, 0.15) is 0 Å². The minimum atomic E-state index is 0.0745. The van der Waals surface area contributed by atoms with Crippen LogP contribution >= 0.6 is 23.4 Å². The molecule has 0 aromatic heterocycles. The molecule has 0 fully saturated rings. The van der Waals surface area contributed by atoms with Crippen molar-refractivity contribution in [1.82, 2.24) is 0 Å². The van der Waals surface area contributed by atoms with Crippen LogP contribution in [0.3, 0.4) is 0 Å². The highest BCUT2D eigenvalue weighted by Gasteiger charge is 2.23. The summed E-state index contributed by atoms with van der Waals surface area (Å²) in [7, 11) is 0. The summed E-state index contributed by atoms with van der Waals surface area (Å²) in [5.74, 6) is 2.31. The Hall–Kier alpha value is -1.85. The zero-order chi connectivity index (χ0) is 17.9. The molecule has 136 valence electrons. The van der Waals surface area contributed by atoms with Gasteiger partial charge in [-0.1, -0.05) is 23.7 Å². The van der Waals surface area contributed by atoms with E-state index in [0.717, 1.165) is 41.3 Å². The van der Waals surface area contributed by atoms with Crippen molar-refractivity contribution in [3.8, 4) is 11.5 Å². The highest BCUT2D eigenvalue weighted by molar-refractivity contribution is 7.99. The van der Waals surface area contributed by atoms with E-state index in [-0.39, 0.29) is 12.3 Å².